The van der Waals surface area contributed by atoms with E-state index in [1.165, 1.54) is 24.8 Å². The number of aryl methyl sites for hydroxylation is 2. The molecular weight excluding hydrogens is 464 g/mol. The molecule has 0 spiro atoms. The van der Waals surface area contributed by atoms with E-state index in [-0.39, 0.29) is 18.0 Å². The monoisotopic (exact) mass is 510 g/mol. The molecule has 3 amide bonds. The number of hydrogen-bond donors (Lipinski definition) is 3. The summed E-state index contributed by atoms with van der Waals surface area (Å²) in [5.74, 6) is 0.974. The average Bonchev–Trinajstić information content (AvgIpc) is 3.39. The van der Waals surface area contributed by atoms with E-state index in [2.05, 4.69) is 55.8 Å². The van der Waals surface area contributed by atoms with Gasteiger partial charge in [0.05, 0.1) is 12.3 Å². The van der Waals surface area contributed by atoms with Crippen LogP contribution in [0.5, 0.6) is 0 Å². The number of anilines is 1. The quantitative estimate of drug-likeness (QED) is 0.295. The minimum Gasteiger partial charge on any atom is -0.383 e. The third-order valence-electron chi connectivity index (χ3n) is 7.24. The Morgan fingerprint density at radius 1 is 1.19 bits per heavy atom. The Morgan fingerprint density at radius 3 is 2.59 bits per heavy atom. The summed E-state index contributed by atoms with van der Waals surface area (Å²) < 4.78 is 6.97. The first kappa shape index (κ1) is 28.8. The maximum Gasteiger partial charge on any atom is 0.319 e. The molecule has 37 heavy (non-hydrogen) atoms. The van der Waals surface area contributed by atoms with Crippen molar-refractivity contribution in [2.45, 2.75) is 78.8 Å². The standard InChI is InChI=1S/C30H46N4O3/c1-22(2)17-25(18-24-11-13-30(3,4)20-24)32-29(36)33-26-19-27(28(35)31-14-16-37-5)34(21-26)15-12-23-9-7-6-8-10-23/h6-10,19,21-22,24-25H,11-18,20H2,1-5H3,(H,31,35)(H2,32,33,36)/t24-,25?/m1/s1. The zero-order chi connectivity index (χ0) is 26.8. The molecule has 2 aromatic rings. The summed E-state index contributed by atoms with van der Waals surface area (Å²) in [4.78, 5) is 25.9. The second-order valence-corrected chi connectivity index (χ2v) is 11.7. The molecule has 0 radical (unpaired) electrons. The molecule has 1 heterocycles. The van der Waals surface area contributed by atoms with Crippen molar-refractivity contribution in [1.29, 1.82) is 0 Å². The first-order valence-electron chi connectivity index (χ1n) is 13.7. The lowest BCUT2D eigenvalue weighted by Crippen LogP contribution is -2.39. The molecule has 7 heteroatoms. The molecule has 1 aromatic heterocycles. The lowest BCUT2D eigenvalue weighted by Gasteiger charge is -2.25. The number of nitrogens with one attached hydrogen (secondary N) is 3. The van der Waals surface area contributed by atoms with Crippen molar-refractivity contribution in [3.8, 4) is 0 Å². The molecule has 1 saturated carbocycles. The van der Waals surface area contributed by atoms with E-state index in [0.29, 0.717) is 48.3 Å². The van der Waals surface area contributed by atoms with Crippen LogP contribution in [0.4, 0.5) is 10.5 Å². The van der Waals surface area contributed by atoms with Gasteiger partial charge in [0.2, 0.25) is 0 Å². The minimum atomic E-state index is -0.213. The van der Waals surface area contributed by atoms with E-state index in [1.54, 1.807) is 13.2 Å². The molecule has 1 aromatic carbocycles. The highest BCUT2D eigenvalue weighted by Crippen LogP contribution is 2.43. The fraction of sp³-hybridized carbons (Fsp3) is 0.600. The van der Waals surface area contributed by atoms with Gasteiger partial charge in [0.15, 0.2) is 0 Å². The van der Waals surface area contributed by atoms with Gasteiger partial charge < -0.3 is 25.3 Å². The van der Waals surface area contributed by atoms with Crippen molar-refractivity contribution in [2.75, 3.05) is 25.6 Å². The molecule has 7 nitrogen and oxygen atoms in total. The normalized spacial score (nSPS) is 17.5. The van der Waals surface area contributed by atoms with Gasteiger partial charge in [-0.05, 0) is 67.4 Å². The smallest absolute Gasteiger partial charge is 0.319 e. The van der Waals surface area contributed by atoms with Crippen molar-refractivity contribution in [3.63, 3.8) is 0 Å². The number of hydrogen-bond acceptors (Lipinski definition) is 3. The second-order valence-electron chi connectivity index (χ2n) is 11.7. The summed E-state index contributed by atoms with van der Waals surface area (Å²) in [6.07, 6.45) is 8.31. The summed E-state index contributed by atoms with van der Waals surface area (Å²) in [5, 5.41) is 9.12. The maximum absolute atomic E-state index is 13.0. The Hall–Kier alpha value is -2.80. The number of urea groups is 1. The first-order chi connectivity index (χ1) is 17.6. The predicted octanol–water partition coefficient (Wildman–Crippen LogP) is 5.86. The van der Waals surface area contributed by atoms with Gasteiger partial charge in [-0.15, -0.1) is 0 Å². The molecule has 2 atom stereocenters. The Bertz CT molecular complexity index is 1000. The van der Waals surface area contributed by atoms with E-state index in [0.717, 1.165) is 19.3 Å². The highest BCUT2D eigenvalue weighted by atomic mass is 16.5. The van der Waals surface area contributed by atoms with Crippen LogP contribution in [0, 0.1) is 17.3 Å². The highest BCUT2D eigenvalue weighted by Gasteiger charge is 2.32. The molecule has 1 aliphatic rings. The maximum atomic E-state index is 13.0. The SMILES string of the molecule is COCCNC(=O)c1cc(NC(=O)NC(CC(C)C)C[C@H]2CCC(C)(C)C2)cn1CCc1ccccc1. The Morgan fingerprint density at radius 2 is 1.95 bits per heavy atom. The number of benzene rings is 1. The third kappa shape index (κ3) is 9.54. The lowest BCUT2D eigenvalue weighted by molar-refractivity contribution is 0.0927. The van der Waals surface area contributed by atoms with Crippen LogP contribution in [-0.4, -0.2) is 42.8 Å². The second kappa shape index (κ2) is 13.7. The molecule has 3 rings (SSSR count). The molecule has 0 aliphatic heterocycles. The molecule has 3 N–H and O–H groups in total. The van der Waals surface area contributed by atoms with Crippen molar-refractivity contribution in [3.05, 3.63) is 53.9 Å². The molecule has 0 saturated heterocycles. The van der Waals surface area contributed by atoms with Crippen LogP contribution in [0.3, 0.4) is 0 Å². The van der Waals surface area contributed by atoms with Crippen molar-refractivity contribution in [1.82, 2.24) is 15.2 Å². The number of amides is 3. The van der Waals surface area contributed by atoms with Gasteiger partial charge in [-0.25, -0.2) is 4.79 Å². The summed E-state index contributed by atoms with van der Waals surface area (Å²) in [5.41, 5.74) is 2.74. The number of carbonyl (C=O) groups is 2. The van der Waals surface area contributed by atoms with Gasteiger partial charge in [-0.2, -0.15) is 0 Å². The summed E-state index contributed by atoms with van der Waals surface area (Å²) in [6.45, 7) is 10.6. The lowest BCUT2D eigenvalue weighted by atomic mass is 9.87. The van der Waals surface area contributed by atoms with Gasteiger partial charge in [-0.3, -0.25) is 4.79 Å². The number of methoxy groups -OCH3 is 1. The van der Waals surface area contributed by atoms with Gasteiger partial charge in [0, 0.05) is 32.4 Å². The topological polar surface area (TPSA) is 84.4 Å². The summed E-state index contributed by atoms with van der Waals surface area (Å²) in [6, 6.07) is 11.9. The number of rotatable bonds is 13. The van der Waals surface area contributed by atoms with E-state index in [1.807, 2.05) is 29.0 Å². The Kier molecular flexibility index (Phi) is 10.6. The number of aromatic nitrogens is 1. The van der Waals surface area contributed by atoms with Crippen LogP contribution in [0.1, 0.15) is 75.9 Å². The van der Waals surface area contributed by atoms with Gasteiger partial charge in [0.25, 0.3) is 5.91 Å². The van der Waals surface area contributed by atoms with Crippen molar-refractivity contribution < 1.29 is 14.3 Å². The van der Waals surface area contributed by atoms with Crippen LogP contribution in [0.2, 0.25) is 0 Å². The summed E-state index contributed by atoms with van der Waals surface area (Å²) in [7, 11) is 1.61. The molecule has 1 unspecified atom stereocenters. The van der Waals surface area contributed by atoms with Crippen LogP contribution >= 0.6 is 0 Å². The van der Waals surface area contributed by atoms with Crippen molar-refractivity contribution >= 4 is 17.6 Å². The summed E-state index contributed by atoms with van der Waals surface area (Å²) >= 11 is 0. The van der Waals surface area contributed by atoms with Gasteiger partial charge >= 0.3 is 6.03 Å². The van der Waals surface area contributed by atoms with E-state index in [9.17, 15) is 9.59 Å². The molecule has 1 aliphatic carbocycles. The molecule has 1 fully saturated rings. The Balaban J connectivity index is 1.66. The number of ether oxygens (including phenoxy) is 1. The molecule has 0 bridgehead atoms. The average molecular weight is 511 g/mol. The van der Waals surface area contributed by atoms with E-state index in [4.69, 9.17) is 4.74 Å². The van der Waals surface area contributed by atoms with Crippen LogP contribution in [0.25, 0.3) is 0 Å². The van der Waals surface area contributed by atoms with Crippen LogP contribution in [0.15, 0.2) is 42.6 Å². The largest absolute Gasteiger partial charge is 0.383 e. The number of nitrogens with zero attached hydrogens (tertiary/aromatic N) is 1. The first-order valence-corrected chi connectivity index (χ1v) is 13.7. The minimum absolute atomic E-state index is 0.135. The van der Waals surface area contributed by atoms with Gasteiger partial charge in [0.1, 0.15) is 5.69 Å². The fourth-order valence-corrected chi connectivity index (χ4v) is 5.53. The van der Waals surface area contributed by atoms with Crippen molar-refractivity contribution in [2.24, 2.45) is 17.3 Å². The van der Waals surface area contributed by atoms with Crippen LogP contribution < -0.4 is 16.0 Å². The predicted molar refractivity (Wildman–Crippen MR) is 150 cm³/mol. The van der Waals surface area contributed by atoms with E-state index >= 15 is 0 Å². The Labute approximate surface area is 222 Å². The number of carbonyl (C=O) groups excluding carboxylic acids is 2. The molecular formula is C30H46N4O3. The van der Waals surface area contributed by atoms with E-state index < -0.39 is 0 Å². The molecule has 204 valence electrons. The zero-order valence-corrected chi connectivity index (χ0v) is 23.3. The third-order valence-corrected chi connectivity index (χ3v) is 7.24. The van der Waals surface area contributed by atoms with Gasteiger partial charge in [-0.1, -0.05) is 58.0 Å². The highest BCUT2D eigenvalue weighted by molar-refractivity contribution is 5.96. The van der Waals surface area contributed by atoms with Crippen LogP contribution in [-0.2, 0) is 17.7 Å². The zero-order valence-electron chi connectivity index (χ0n) is 23.3. The fourth-order valence-electron chi connectivity index (χ4n) is 5.53.